The molecule has 1 N–H and O–H groups in total. The summed E-state index contributed by atoms with van der Waals surface area (Å²) >= 11 is 1.55. The van der Waals surface area contributed by atoms with Gasteiger partial charge in [0.15, 0.2) is 5.69 Å². The summed E-state index contributed by atoms with van der Waals surface area (Å²) < 4.78 is 6.58. The molecular formula is C11H14N4O3S. The molecule has 0 aromatic carbocycles. The molecule has 0 aliphatic heterocycles. The molecule has 0 saturated carbocycles. The maximum absolute atomic E-state index is 11.1. The molecule has 2 aromatic rings. The SMILES string of the molecule is COCCc1c(C(=O)O)nnn1Cc1cnc(C)s1. The van der Waals surface area contributed by atoms with Gasteiger partial charge < -0.3 is 9.84 Å². The molecule has 0 amide bonds. The Bertz CT molecular complexity index is 578. The van der Waals surface area contributed by atoms with Crippen LogP contribution in [-0.2, 0) is 17.7 Å². The fourth-order valence-corrected chi connectivity index (χ4v) is 2.48. The van der Waals surface area contributed by atoms with E-state index in [0.29, 0.717) is 25.3 Å². The second-order valence-corrected chi connectivity index (χ2v) is 5.26. The lowest BCUT2D eigenvalue weighted by Gasteiger charge is -2.05. The average molecular weight is 282 g/mol. The minimum absolute atomic E-state index is 0.0155. The molecule has 0 fully saturated rings. The van der Waals surface area contributed by atoms with Gasteiger partial charge in [0.1, 0.15) is 0 Å². The maximum atomic E-state index is 11.1. The molecule has 102 valence electrons. The van der Waals surface area contributed by atoms with Crippen molar-refractivity contribution in [3.63, 3.8) is 0 Å². The van der Waals surface area contributed by atoms with Gasteiger partial charge in [0.25, 0.3) is 0 Å². The lowest BCUT2D eigenvalue weighted by molar-refractivity contribution is 0.0688. The lowest BCUT2D eigenvalue weighted by Crippen LogP contribution is -2.11. The molecule has 0 atom stereocenters. The number of ether oxygens (including phenoxy) is 1. The van der Waals surface area contributed by atoms with Crippen molar-refractivity contribution in [2.24, 2.45) is 0 Å². The highest BCUT2D eigenvalue weighted by Crippen LogP contribution is 2.15. The first kappa shape index (κ1) is 13.6. The van der Waals surface area contributed by atoms with Gasteiger partial charge in [-0.1, -0.05) is 5.21 Å². The summed E-state index contributed by atoms with van der Waals surface area (Å²) in [6.45, 7) is 2.82. The summed E-state index contributed by atoms with van der Waals surface area (Å²) in [6.07, 6.45) is 2.23. The summed E-state index contributed by atoms with van der Waals surface area (Å²) in [5.74, 6) is -1.07. The van der Waals surface area contributed by atoms with Gasteiger partial charge in [0.05, 0.1) is 23.9 Å². The number of nitrogens with zero attached hydrogens (tertiary/aromatic N) is 4. The quantitative estimate of drug-likeness (QED) is 0.849. The van der Waals surface area contributed by atoms with Crippen LogP contribution in [0, 0.1) is 6.92 Å². The van der Waals surface area contributed by atoms with Crippen molar-refractivity contribution in [3.05, 3.63) is 27.5 Å². The van der Waals surface area contributed by atoms with Crippen molar-refractivity contribution in [2.45, 2.75) is 19.9 Å². The Kier molecular flexibility index (Phi) is 4.23. The zero-order chi connectivity index (χ0) is 13.8. The molecule has 0 saturated heterocycles. The smallest absolute Gasteiger partial charge is 0.358 e. The Morgan fingerprint density at radius 3 is 2.95 bits per heavy atom. The van der Waals surface area contributed by atoms with Crippen LogP contribution in [0.1, 0.15) is 26.1 Å². The number of hydrogen-bond donors (Lipinski definition) is 1. The van der Waals surface area contributed by atoms with Gasteiger partial charge in [-0.3, -0.25) is 0 Å². The second-order valence-electron chi connectivity index (χ2n) is 3.94. The number of rotatable bonds is 6. The van der Waals surface area contributed by atoms with Crippen LogP contribution >= 0.6 is 11.3 Å². The van der Waals surface area contributed by atoms with E-state index >= 15 is 0 Å². The predicted octanol–water partition coefficient (Wildman–Crippen LogP) is 0.978. The number of aryl methyl sites for hydroxylation is 1. The van der Waals surface area contributed by atoms with Gasteiger partial charge in [0, 0.05) is 24.6 Å². The molecule has 0 spiro atoms. The van der Waals surface area contributed by atoms with Gasteiger partial charge in [-0.25, -0.2) is 14.5 Å². The molecule has 0 radical (unpaired) electrons. The van der Waals surface area contributed by atoms with E-state index in [9.17, 15) is 4.79 Å². The number of methoxy groups -OCH3 is 1. The van der Waals surface area contributed by atoms with E-state index in [4.69, 9.17) is 9.84 Å². The van der Waals surface area contributed by atoms with E-state index in [-0.39, 0.29) is 5.69 Å². The van der Waals surface area contributed by atoms with E-state index < -0.39 is 5.97 Å². The Morgan fingerprint density at radius 1 is 1.58 bits per heavy atom. The topological polar surface area (TPSA) is 90.1 Å². The number of carboxylic acids is 1. The van der Waals surface area contributed by atoms with E-state index in [1.165, 1.54) is 0 Å². The Hall–Kier alpha value is -1.80. The maximum Gasteiger partial charge on any atom is 0.358 e. The molecule has 7 nitrogen and oxygen atoms in total. The van der Waals surface area contributed by atoms with E-state index in [1.807, 2.05) is 6.92 Å². The first-order valence-electron chi connectivity index (χ1n) is 5.67. The summed E-state index contributed by atoms with van der Waals surface area (Å²) in [6, 6.07) is 0. The van der Waals surface area contributed by atoms with Crippen molar-refractivity contribution in [1.82, 2.24) is 20.0 Å². The Labute approximate surface area is 113 Å². The highest BCUT2D eigenvalue weighted by molar-refractivity contribution is 7.11. The highest BCUT2D eigenvalue weighted by atomic mass is 32.1. The van der Waals surface area contributed by atoms with Crippen LogP contribution in [0.2, 0.25) is 0 Å². The average Bonchev–Trinajstić information content (AvgIpc) is 2.94. The Balaban J connectivity index is 2.26. The van der Waals surface area contributed by atoms with Crippen molar-refractivity contribution in [1.29, 1.82) is 0 Å². The molecule has 0 bridgehead atoms. The van der Waals surface area contributed by atoms with E-state index in [2.05, 4.69) is 15.3 Å². The van der Waals surface area contributed by atoms with Crippen molar-refractivity contribution >= 4 is 17.3 Å². The number of carboxylic acid groups (broad SMARTS) is 1. The van der Waals surface area contributed by atoms with E-state index in [0.717, 1.165) is 9.88 Å². The first-order chi connectivity index (χ1) is 9.11. The minimum atomic E-state index is -1.07. The third-order valence-corrected chi connectivity index (χ3v) is 3.46. The van der Waals surface area contributed by atoms with Crippen LogP contribution in [0.15, 0.2) is 6.20 Å². The summed E-state index contributed by atoms with van der Waals surface area (Å²) in [5, 5.41) is 17.7. The number of carbonyl (C=O) groups is 1. The molecule has 19 heavy (non-hydrogen) atoms. The monoisotopic (exact) mass is 282 g/mol. The van der Waals surface area contributed by atoms with Crippen molar-refractivity contribution < 1.29 is 14.6 Å². The number of aromatic nitrogens is 4. The number of thiazole rings is 1. The van der Waals surface area contributed by atoms with Crippen LogP contribution in [0.5, 0.6) is 0 Å². The molecule has 0 aliphatic carbocycles. The van der Waals surface area contributed by atoms with Gasteiger partial charge in [-0.2, -0.15) is 0 Å². The normalized spacial score (nSPS) is 10.8. The van der Waals surface area contributed by atoms with Crippen LogP contribution in [-0.4, -0.2) is 44.8 Å². The van der Waals surface area contributed by atoms with Gasteiger partial charge >= 0.3 is 5.97 Å². The fraction of sp³-hybridized carbons (Fsp3) is 0.455. The van der Waals surface area contributed by atoms with Gasteiger partial charge in [0.2, 0.25) is 0 Å². The largest absolute Gasteiger partial charge is 0.476 e. The predicted molar refractivity (Wildman–Crippen MR) is 68.5 cm³/mol. The highest BCUT2D eigenvalue weighted by Gasteiger charge is 2.19. The van der Waals surface area contributed by atoms with Gasteiger partial charge in [-0.15, -0.1) is 16.4 Å². The number of hydrogen-bond acceptors (Lipinski definition) is 6. The first-order valence-corrected chi connectivity index (χ1v) is 6.49. The molecule has 0 aliphatic rings. The zero-order valence-electron chi connectivity index (χ0n) is 10.7. The number of aromatic carboxylic acids is 1. The zero-order valence-corrected chi connectivity index (χ0v) is 11.5. The third-order valence-electron chi connectivity index (χ3n) is 2.56. The minimum Gasteiger partial charge on any atom is -0.476 e. The van der Waals surface area contributed by atoms with Crippen LogP contribution in [0.3, 0.4) is 0 Å². The molecular weight excluding hydrogens is 268 g/mol. The molecule has 8 heteroatoms. The lowest BCUT2D eigenvalue weighted by atomic mass is 10.2. The summed E-state index contributed by atoms with van der Waals surface area (Å²) in [7, 11) is 1.57. The molecule has 2 aromatic heterocycles. The Morgan fingerprint density at radius 2 is 2.37 bits per heavy atom. The van der Waals surface area contributed by atoms with Gasteiger partial charge in [-0.05, 0) is 6.92 Å². The summed E-state index contributed by atoms with van der Waals surface area (Å²) in [4.78, 5) is 16.3. The van der Waals surface area contributed by atoms with Crippen LogP contribution in [0.25, 0.3) is 0 Å². The summed E-state index contributed by atoms with van der Waals surface area (Å²) in [5.41, 5.74) is 0.554. The third kappa shape index (κ3) is 3.15. The van der Waals surface area contributed by atoms with Crippen molar-refractivity contribution in [2.75, 3.05) is 13.7 Å². The molecule has 2 heterocycles. The van der Waals surface area contributed by atoms with Crippen LogP contribution in [0.4, 0.5) is 0 Å². The van der Waals surface area contributed by atoms with Crippen molar-refractivity contribution in [3.8, 4) is 0 Å². The molecule has 0 unspecified atom stereocenters. The second kappa shape index (κ2) is 5.89. The van der Waals surface area contributed by atoms with Crippen LogP contribution < -0.4 is 0 Å². The van der Waals surface area contributed by atoms with E-state index in [1.54, 1.807) is 29.3 Å². The molecule has 2 rings (SSSR count). The fourth-order valence-electron chi connectivity index (χ4n) is 1.70. The standard InChI is InChI=1S/C11H14N4O3S/c1-7-12-5-8(19-7)6-15-9(3-4-18-2)10(11(16)17)13-14-15/h5H,3-4,6H2,1-2H3,(H,16,17).